The van der Waals surface area contributed by atoms with Gasteiger partial charge in [-0.1, -0.05) is 143 Å². The van der Waals surface area contributed by atoms with Crippen LogP contribution < -0.4 is 25.5 Å². The molecular weight excluding hydrogens is 1670 g/mol. The van der Waals surface area contributed by atoms with Gasteiger partial charge in [-0.25, -0.2) is 31.2 Å². The number of aromatic nitrogens is 8. The lowest BCUT2D eigenvalue weighted by Crippen LogP contribution is -2.29. The number of hydrogen-bond acceptors (Lipinski definition) is 18. The fourth-order valence-corrected chi connectivity index (χ4v) is 12.6. The summed E-state index contributed by atoms with van der Waals surface area (Å²) in [4.78, 5) is 46.7. The van der Waals surface area contributed by atoms with Crippen molar-refractivity contribution in [2.24, 2.45) is 28.2 Å². The third-order valence-electron chi connectivity index (χ3n) is 14.0. The number of carboxylic acids is 1. The number of nitrogens with one attached hydrogen (secondary N) is 4. The number of esters is 1. The molecule has 4 aromatic heterocycles. The van der Waals surface area contributed by atoms with Crippen molar-refractivity contribution >= 4 is 174 Å². The average molecular weight is 1740 g/mol. The number of hydrogen-bond donors (Lipinski definition) is 8. The SMILES string of the molecule is CS(=O)(=O)Nc1ccc(B(O)O)cc1.C[C@@H](O)c1ccccc1Cl.C[C@@H](OC(=O)Cc1c(-c2ccc(NS(C)(=O)=O)cc2)cnn1C)c1ccccc1Cl.C[C@@H](OC(=O)Nc1c(Br)cnn1C)c1ccccc1Cl.C[C@@H](OC(=O)Nc1c(Br)cnn1C)c1ccccc1Cl.Cn1ncc(Br)c1C(=O)O. The maximum absolute atomic E-state index is 12.6. The third kappa shape index (κ3) is 28.0. The van der Waals surface area contributed by atoms with Crippen molar-refractivity contribution in [3.05, 3.63) is 238 Å². The van der Waals surface area contributed by atoms with Gasteiger partial charge in [0.2, 0.25) is 20.0 Å². The van der Waals surface area contributed by atoms with Gasteiger partial charge in [-0.2, -0.15) is 20.4 Å². The number of aliphatic hydroxyl groups is 1. The lowest BCUT2D eigenvalue weighted by atomic mass is 9.80. The van der Waals surface area contributed by atoms with Crippen molar-refractivity contribution in [3.63, 3.8) is 0 Å². The summed E-state index contributed by atoms with van der Waals surface area (Å²) in [7, 11) is -1.40. The van der Waals surface area contributed by atoms with Gasteiger partial charge in [0, 0.05) is 81.9 Å². The van der Waals surface area contributed by atoms with E-state index in [9.17, 15) is 36.0 Å². The maximum Gasteiger partial charge on any atom is 0.488 e. The highest BCUT2D eigenvalue weighted by molar-refractivity contribution is 9.11. The van der Waals surface area contributed by atoms with Crippen LogP contribution in [0.1, 0.15) is 90.5 Å². The number of amides is 2. The van der Waals surface area contributed by atoms with Gasteiger partial charge < -0.3 is 34.5 Å². The van der Waals surface area contributed by atoms with E-state index in [0.29, 0.717) is 67.7 Å². The van der Waals surface area contributed by atoms with Crippen molar-refractivity contribution in [1.29, 1.82) is 0 Å². The molecule has 27 nitrogen and oxygen atoms in total. The van der Waals surface area contributed by atoms with Crippen molar-refractivity contribution in [1.82, 2.24) is 39.1 Å². The molecule has 37 heteroatoms. The Hall–Kier alpha value is -8.32. The molecule has 4 atom stereocenters. The van der Waals surface area contributed by atoms with E-state index in [4.69, 9.17) is 80.9 Å². The lowest BCUT2D eigenvalue weighted by molar-refractivity contribution is -0.147. The van der Waals surface area contributed by atoms with Crippen LogP contribution in [0.2, 0.25) is 20.1 Å². The van der Waals surface area contributed by atoms with E-state index < -0.39 is 75.7 Å². The van der Waals surface area contributed by atoms with Crippen LogP contribution in [0.4, 0.5) is 32.6 Å². The first-order chi connectivity index (χ1) is 48.8. The van der Waals surface area contributed by atoms with Gasteiger partial charge in [0.25, 0.3) is 0 Å². The fraction of sp³-hybridized carbons (Fsp3) is 0.224. The standard InChI is InChI=1S/C21H22ClN3O4S.2C13H13BrClN3O2.C8H9ClO.C7H10BNO4S.C5H5BrN2O2/c1-14(17-6-4-5-7-19(17)22)29-21(26)12-20-18(13-23-25(20)2)15-8-10-16(11-9-15)24-30(3,27)28;2*1-8(9-5-3-4-6-11(9)15)20-13(19)17-12-10(14)7-16-18(12)2;1-6(10)7-4-2-3-5-8(7)9;1-14(12,13)9-7-4-2-6(3-5-7)8(10)11;1-8-4(5(9)10)3(6)2-7-8/h4-11,13-14,24H,12H2,1-3H3;2*3-8H,1-2H3,(H,17,19);2-6,10H,1H3;2-5,9-11H,1H3;2H,1H3,(H,9,10)/t14-;2*8-;6-;;/m1111../s1. The van der Waals surface area contributed by atoms with E-state index in [1.807, 2.05) is 72.8 Å². The van der Waals surface area contributed by atoms with Gasteiger partial charge in [0.05, 0.1) is 68.9 Å². The number of anilines is 4. The van der Waals surface area contributed by atoms with Crippen molar-refractivity contribution in [2.75, 3.05) is 32.6 Å². The number of carbonyl (C=O) groups excluding carboxylic acids is 3. The molecule has 0 radical (unpaired) electrons. The van der Waals surface area contributed by atoms with Crippen molar-refractivity contribution in [2.45, 2.75) is 58.5 Å². The Morgan fingerprint density at radius 2 is 0.846 bits per heavy atom. The van der Waals surface area contributed by atoms with Crippen LogP contribution in [0.15, 0.2) is 184 Å². The summed E-state index contributed by atoms with van der Waals surface area (Å²) >= 11 is 33.7. The fourth-order valence-electron chi connectivity index (χ4n) is 8.90. The molecule has 0 aliphatic rings. The summed E-state index contributed by atoms with van der Waals surface area (Å²) < 4.78 is 73.1. The number of aliphatic hydroxyl groups excluding tert-OH is 1. The van der Waals surface area contributed by atoms with E-state index in [0.717, 1.165) is 45.9 Å². The summed E-state index contributed by atoms with van der Waals surface area (Å²) in [5.41, 5.74) is 6.63. The number of nitrogens with zero attached hydrogens (tertiary/aromatic N) is 8. The molecule has 0 bridgehead atoms. The molecule has 0 fully saturated rings. The van der Waals surface area contributed by atoms with Gasteiger partial charge in [-0.15, -0.1) is 0 Å². The normalized spacial score (nSPS) is 11.9. The zero-order chi connectivity index (χ0) is 77.3. The van der Waals surface area contributed by atoms with Gasteiger partial charge in [-0.05, 0) is 141 Å². The Morgan fingerprint density at radius 1 is 0.500 bits per heavy atom. The van der Waals surface area contributed by atoms with Crippen LogP contribution in [0.5, 0.6) is 0 Å². The number of rotatable bonds is 18. The first-order valence-corrected chi connectivity index (χ1v) is 38.1. The molecule has 4 heterocycles. The Kier molecular flexibility index (Phi) is 33.9. The molecule has 10 rings (SSSR count). The van der Waals surface area contributed by atoms with E-state index in [-0.39, 0.29) is 12.1 Å². The van der Waals surface area contributed by atoms with Crippen molar-refractivity contribution < 1.29 is 70.5 Å². The van der Waals surface area contributed by atoms with Crippen LogP contribution in [0.3, 0.4) is 0 Å². The molecule has 6 aromatic carbocycles. The Balaban J connectivity index is 0.000000234. The minimum Gasteiger partial charge on any atom is -0.476 e. The molecule has 0 spiro atoms. The highest BCUT2D eigenvalue weighted by Gasteiger charge is 2.22. The van der Waals surface area contributed by atoms with Crippen LogP contribution in [0.25, 0.3) is 11.1 Å². The molecular formula is C67H72BBr3Cl4N12O15S2. The second-order valence-electron chi connectivity index (χ2n) is 22.1. The van der Waals surface area contributed by atoms with Gasteiger partial charge in [0.15, 0.2) is 5.69 Å². The highest BCUT2D eigenvalue weighted by atomic mass is 79.9. The zero-order valence-corrected chi connectivity index (χ0v) is 66.5. The molecule has 554 valence electrons. The number of aryl methyl sites for hydroxylation is 4. The predicted octanol–water partition coefficient (Wildman–Crippen LogP) is 14.3. The lowest BCUT2D eigenvalue weighted by Gasteiger charge is -2.15. The summed E-state index contributed by atoms with van der Waals surface area (Å²) in [6.45, 7) is 7.00. The van der Waals surface area contributed by atoms with E-state index >= 15 is 0 Å². The van der Waals surface area contributed by atoms with E-state index in [2.05, 4.69) is 88.3 Å². The number of sulfonamides is 2. The largest absolute Gasteiger partial charge is 0.488 e. The molecule has 0 unspecified atom stereocenters. The summed E-state index contributed by atoms with van der Waals surface area (Å²) in [5.74, 6) is -0.322. The number of carboxylic acid groups (broad SMARTS) is 1. The number of carbonyl (C=O) groups is 4. The Morgan fingerprint density at radius 3 is 1.15 bits per heavy atom. The van der Waals surface area contributed by atoms with Crippen LogP contribution in [-0.4, -0.2) is 120 Å². The van der Waals surface area contributed by atoms with Gasteiger partial charge in [0.1, 0.15) is 29.9 Å². The molecule has 0 aliphatic heterocycles. The Labute approximate surface area is 646 Å². The topological polar surface area (TPSA) is 365 Å². The summed E-state index contributed by atoms with van der Waals surface area (Å²) in [6, 6.07) is 41.6. The number of halogens is 7. The van der Waals surface area contributed by atoms with E-state index in [1.54, 1.807) is 128 Å². The minimum absolute atomic E-state index is 0.0317. The molecule has 104 heavy (non-hydrogen) atoms. The number of aromatic carboxylic acids is 1. The van der Waals surface area contributed by atoms with E-state index in [1.165, 1.54) is 44.5 Å². The van der Waals surface area contributed by atoms with Gasteiger partial charge in [-0.3, -0.25) is 43.6 Å². The second kappa shape index (κ2) is 40.8. The quantitative estimate of drug-likeness (QED) is 0.0225. The molecule has 0 saturated heterocycles. The third-order valence-corrected chi connectivity index (χ3v) is 18.3. The monoisotopic (exact) mass is 1740 g/mol. The zero-order valence-electron chi connectivity index (χ0n) is 57.1. The molecule has 0 saturated carbocycles. The predicted molar refractivity (Wildman–Crippen MR) is 413 cm³/mol. The summed E-state index contributed by atoms with van der Waals surface area (Å²) in [5, 5.41) is 58.7. The molecule has 2 amide bonds. The first-order valence-electron chi connectivity index (χ1n) is 30.4. The number of ether oxygens (including phenoxy) is 3. The second-order valence-corrected chi connectivity index (χ2v) is 29.8. The molecule has 0 aliphatic carbocycles. The smallest absolute Gasteiger partial charge is 0.476 e. The highest BCUT2D eigenvalue weighted by Crippen LogP contribution is 2.31. The molecule has 10 aromatic rings. The summed E-state index contributed by atoms with van der Waals surface area (Å²) in [6.07, 6.45) is 5.47. The van der Waals surface area contributed by atoms with Gasteiger partial charge >= 0.3 is 31.2 Å². The average Bonchev–Trinajstić information content (AvgIpc) is 1.49. The van der Waals surface area contributed by atoms with Crippen molar-refractivity contribution in [3.8, 4) is 11.1 Å². The maximum atomic E-state index is 12.6. The Bertz CT molecular complexity index is 4600. The minimum atomic E-state index is -3.35. The number of benzene rings is 6. The molecule has 8 N–H and O–H groups in total. The van der Waals surface area contributed by atoms with Crippen LogP contribution >= 0.6 is 94.2 Å². The first kappa shape index (κ1) is 86.3. The van der Waals surface area contributed by atoms with Crippen LogP contribution in [0, 0.1) is 0 Å². The van der Waals surface area contributed by atoms with Crippen LogP contribution in [-0.2, 0) is 73.7 Å².